The van der Waals surface area contributed by atoms with Gasteiger partial charge in [-0.05, 0) is 43.0 Å². The lowest BCUT2D eigenvalue weighted by Gasteiger charge is -2.43. The molecule has 5 aromatic rings. The zero-order valence-corrected chi connectivity index (χ0v) is 29.3. The molecule has 230 valence electrons. The van der Waals surface area contributed by atoms with Crippen molar-refractivity contribution in [3.8, 4) is 5.75 Å². The van der Waals surface area contributed by atoms with Gasteiger partial charge in [0.25, 0.3) is 8.32 Å². The van der Waals surface area contributed by atoms with Crippen LogP contribution >= 0.6 is 0 Å². The van der Waals surface area contributed by atoms with Gasteiger partial charge in [-0.3, -0.25) is 4.79 Å². The Bertz CT molecular complexity index is 1610. The molecule has 0 aromatic heterocycles. The highest BCUT2D eigenvalue weighted by Gasteiger charge is 2.53. The predicted octanol–water partition coefficient (Wildman–Crippen LogP) is 7.38. The van der Waals surface area contributed by atoms with Crippen LogP contribution in [0.2, 0.25) is 10.1 Å². The molecule has 0 N–H and O–H groups in total. The maximum absolute atomic E-state index is 14.3. The average Bonchev–Trinajstić information content (AvgIpc) is 3.04. The van der Waals surface area contributed by atoms with Gasteiger partial charge in [0.2, 0.25) is 0 Å². The molecular weight excluding hydrogens is 585 g/mol. The van der Waals surface area contributed by atoms with Crippen molar-refractivity contribution in [1.29, 1.82) is 0 Å². The molecule has 0 unspecified atom stereocenters. The highest BCUT2D eigenvalue weighted by molar-refractivity contribution is 7.00. The molecule has 0 spiro atoms. The molecule has 5 heteroatoms. The second kappa shape index (κ2) is 13.1. The van der Waals surface area contributed by atoms with E-state index < -0.39 is 16.6 Å². The van der Waals surface area contributed by atoms with Crippen LogP contribution in [-0.4, -0.2) is 29.0 Å². The second-order valence-electron chi connectivity index (χ2n) is 13.6. The molecule has 0 aliphatic heterocycles. The Kier molecular flexibility index (Phi) is 9.45. The minimum Gasteiger partial charge on any atom is -0.533 e. The molecule has 45 heavy (non-hydrogen) atoms. The van der Waals surface area contributed by atoms with Crippen LogP contribution in [0.4, 0.5) is 0 Å². The van der Waals surface area contributed by atoms with Crippen LogP contribution in [0.1, 0.15) is 51.9 Å². The predicted molar refractivity (Wildman–Crippen MR) is 193 cm³/mol. The summed E-state index contributed by atoms with van der Waals surface area (Å²) in [6.45, 7) is 13.4. The van der Waals surface area contributed by atoms with E-state index in [1.807, 2.05) is 48.5 Å². The number of para-hydroxylation sites is 1. The molecule has 0 radical (unpaired) electrons. The van der Waals surface area contributed by atoms with Crippen LogP contribution < -0.4 is 25.2 Å². The summed E-state index contributed by atoms with van der Waals surface area (Å²) >= 11 is 0. The Balaban J connectivity index is 1.58. The van der Waals surface area contributed by atoms with Gasteiger partial charge in [0.05, 0.1) is 12.2 Å². The molecule has 5 rings (SSSR count). The SMILES string of the molecule is CC(C)(C)[Si](OCC(=O)c1ccccc1O[Si](c1ccccc1)(c1ccccc1)C(C)(C)C)(c1ccccc1)c1ccccc1. The van der Waals surface area contributed by atoms with E-state index in [9.17, 15) is 4.79 Å². The van der Waals surface area contributed by atoms with Crippen LogP contribution in [0, 0.1) is 0 Å². The minimum atomic E-state index is -2.95. The van der Waals surface area contributed by atoms with Crippen LogP contribution in [0.15, 0.2) is 146 Å². The lowest BCUT2D eigenvalue weighted by atomic mass is 10.1. The first-order valence-electron chi connectivity index (χ1n) is 15.7. The standard InChI is InChI=1S/C40H44O3Si2/c1-39(2,3)44(32-21-11-7-12-22-32,33-23-13-8-14-24-33)42-31-37(41)36-29-19-20-30-38(36)43-45(40(4,5)6,34-25-15-9-16-26-34)35-27-17-10-18-28-35/h7-30H,31H2,1-6H3. The summed E-state index contributed by atoms with van der Waals surface area (Å²) < 4.78 is 14.4. The number of ketones is 1. The zero-order chi connectivity index (χ0) is 32.1. The number of Topliss-reactive ketones (excluding diaryl/α,β-unsaturated/α-hetero) is 1. The number of rotatable bonds is 10. The number of hydrogen-bond acceptors (Lipinski definition) is 3. The number of carbonyl (C=O) groups is 1. The van der Waals surface area contributed by atoms with E-state index in [1.54, 1.807) is 0 Å². The fourth-order valence-corrected chi connectivity index (χ4v) is 15.6. The van der Waals surface area contributed by atoms with Gasteiger partial charge in [0.15, 0.2) is 5.78 Å². The summed E-state index contributed by atoms with van der Waals surface area (Å²) in [5.74, 6) is 0.513. The van der Waals surface area contributed by atoms with Gasteiger partial charge in [-0.1, -0.05) is 175 Å². The topological polar surface area (TPSA) is 35.5 Å². The van der Waals surface area contributed by atoms with E-state index >= 15 is 0 Å². The molecule has 0 saturated carbocycles. The molecule has 0 heterocycles. The van der Waals surface area contributed by atoms with Gasteiger partial charge in [0, 0.05) is 0 Å². The lowest BCUT2D eigenvalue weighted by Crippen LogP contribution is -2.69. The molecule has 0 fully saturated rings. The molecule has 0 bridgehead atoms. The van der Waals surface area contributed by atoms with E-state index in [4.69, 9.17) is 8.85 Å². The maximum atomic E-state index is 14.3. The molecule has 5 aromatic carbocycles. The Morgan fingerprint density at radius 2 is 0.822 bits per heavy atom. The third-order valence-corrected chi connectivity index (χ3v) is 18.6. The summed E-state index contributed by atoms with van der Waals surface area (Å²) in [5.41, 5.74) is 0.545. The second-order valence-corrected chi connectivity index (χ2v) is 22.2. The Morgan fingerprint density at radius 1 is 0.489 bits per heavy atom. The third-order valence-electron chi connectivity index (χ3n) is 8.70. The van der Waals surface area contributed by atoms with Gasteiger partial charge >= 0.3 is 8.32 Å². The summed E-state index contributed by atoms with van der Waals surface area (Å²) in [6.07, 6.45) is 0. The van der Waals surface area contributed by atoms with Crippen LogP contribution in [0.25, 0.3) is 0 Å². The fourth-order valence-electron chi connectivity index (χ4n) is 6.61. The smallest absolute Gasteiger partial charge is 0.319 e. The van der Waals surface area contributed by atoms with Crippen molar-refractivity contribution in [2.75, 3.05) is 6.61 Å². The van der Waals surface area contributed by atoms with Crippen LogP contribution in [0.5, 0.6) is 5.75 Å². The first-order chi connectivity index (χ1) is 21.5. The molecule has 0 aliphatic carbocycles. The van der Waals surface area contributed by atoms with Crippen LogP contribution in [-0.2, 0) is 4.43 Å². The molecule has 0 atom stereocenters. The first-order valence-corrected chi connectivity index (χ1v) is 19.5. The van der Waals surface area contributed by atoms with E-state index in [-0.39, 0.29) is 22.5 Å². The van der Waals surface area contributed by atoms with Crippen molar-refractivity contribution in [3.63, 3.8) is 0 Å². The highest BCUT2D eigenvalue weighted by Crippen LogP contribution is 2.39. The first kappa shape index (κ1) is 32.4. The van der Waals surface area contributed by atoms with Gasteiger partial charge in [-0.15, -0.1) is 0 Å². The van der Waals surface area contributed by atoms with Crippen molar-refractivity contribution in [2.45, 2.75) is 51.6 Å². The highest BCUT2D eigenvalue weighted by atomic mass is 28.4. The molecule has 0 aliphatic rings. The summed E-state index contributed by atoms with van der Waals surface area (Å²) in [6, 6.07) is 49.6. The van der Waals surface area contributed by atoms with Crippen molar-refractivity contribution < 1.29 is 13.6 Å². The van der Waals surface area contributed by atoms with E-state index in [2.05, 4.69) is 139 Å². The van der Waals surface area contributed by atoms with Gasteiger partial charge in [-0.2, -0.15) is 0 Å². The van der Waals surface area contributed by atoms with Crippen molar-refractivity contribution in [1.82, 2.24) is 0 Å². The number of hydrogen-bond donors (Lipinski definition) is 0. The summed E-state index contributed by atoms with van der Waals surface area (Å²) in [5, 5.41) is 4.14. The normalized spacial score (nSPS) is 12.5. The minimum absolute atomic E-state index is 0.0472. The third kappa shape index (κ3) is 6.25. The van der Waals surface area contributed by atoms with Crippen molar-refractivity contribution >= 4 is 43.2 Å². The fraction of sp³-hybridized carbons (Fsp3) is 0.225. The van der Waals surface area contributed by atoms with E-state index in [0.717, 1.165) is 20.7 Å². The Hall–Kier alpha value is -4.04. The maximum Gasteiger partial charge on any atom is 0.319 e. The Morgan fingerprint density at radius 3 is 1.20 bits per heavy atom. The molecule has 0 saturated heterocycles. The number of carbonyl (C=O) groups excluding carboxylic acids is 1. The van der Waals surface area contributed by atoms with Crippen molar-refractivity contribution in [2.24, 2.45) is 0 Å². The van der Waals surface area contributed by atoms with Gasteiger partial charge in [0.1, 0.15) is 5.75 Å². The Labute approximate surface area is 271 Å². The summed E-state index contributed by atoms with van der Waals surface area (Å²) in [4.78, 5) is 14.3. The molecular formula is C40H44O3Si2. The largest absolute Gasteiger partial charge is 0.533 e. The van der Waals surface area contributed by atoms with E-state index in [0.29, 0.717) is 11.3 Å². The monoisotopic (exact) mass is 628 g/mol. The average molecular weight is 629 g/mol. The molecule has 0 amide bonds. The van der Waals surface area contributed by atoms with Crippen molar-refractivity contribution in [3.05, 3.63) is 151 Å². The molecule has 3 nitrogen and oxygen atoms in total. The zero-order valence-electron chi connectivity index (χ0n) is 27.3. The lowest BCUT2D eigenvalue weighted by molar-refractivity contribution is 0.0912. The van der Waals surface area contributed by atoms with E-state index in [1.165, 1.54) is 0 Å². The quantitative estimate of drug-likeness (QED) is 0.120. The van der Waals surface area contributed by atoms with Crippen LogP contribution in [0.3, 0.4) is 0 Å². The van der Waals surface area contributed by atoms with Gasteiger partial charge in [-0.25, -0.2) is 0 Å². The number of benzene rings is 5. The summed E-state index contributed by atoms with van der Waals surface area (Å²) in [7, 11) is -5.84. The van der Waals surface area contributed by atoms with Gasteiger partial charge < -0.3 is 8.85 Å².